The Morgan fingerprint density at radius 1 is 0.446 bits per heavy atom. The number of phosphoric ester groups is 1. The molecule has 4 N–H and O–H groups in total. The Morgan fingerprint density at radius 2 is 0.696 bits per heavy atom. The fraction of sp³-hybridized carbons (Fsp3) is 0.979. The van der Waals surface area contributed by atoms with Crippen molar-refractivity contribution in [2.75, 3.05) is 6.61 Å². The predicted molar refractivity (Wildman–Crippen MR) is 241 cm³/mol. The van der Waals surface area contributed by atoms with E-state index in [0.29, 0.717) is 12.8 Å². The van der Waals surface area contributed by atoms with Crippen molar-refractivity contribution in [1.82, 2.24) is 5.32 Å². The first-order chi connectivity index (χ1) is 27.3. The van der Waals surface area contributed by atoms with Crippen LogP contribution < -0.4 is 5.32 Å². The minimum absolute atomic E-state index is 0.187. The Balaban J connectivity index is 3.69. The highest BCUT2D eigenvalue weighted by Gasteiger charge is 2.25. The highest BCUT2D eigenvalue weighted by molar-refractivity contribution is 7.46. The van der Waals surface area contributed by atoms with Crippen molar-refractivity contribution < 1.29 is 28.8 Å². The number of aliphatic hydroxyl groups excluding tert-OH is 1. The molecule has 336 valence electrons. The maximum atomic E-state index is 12.6. The molecule has 0 aromatic carbocycles. The van der Waals surface area contributed by atoms with Gasteiger partial charge in [-0.15, -0.1) is 0 Å². The van der Waals surface area contributed by atoms with Gasteiger partial charge in [0, 0.05) is 6.42 Å². The summed E-state index contributed by atoms with van der Waals surface area (Å²) in [6.45, 7) is 4.15. The van der Waals surface area contributed by atoms with Gasteiger partial charge in [0.25, 0.3) is 0 Å². The van der Waals surface area contributed by atoms with Crippen LogP contribution >= 0.6 is 7.82 Å². The molecule has 0 bridgehead atoms. The van der Waals surface area contributed by atoms with E-state index in [9.17, 15) is 24.3 Å². The van der Waals surface area contributed by atoms with E-state index in [4.69, 9.17) is 0 Å². The topological polar surface area (TPSA) is 116 Å². The molecule has 8 heteroatoms. The van der Waals surface area contributed by atoms with Gasteiger partial charge >= 0.3 is 7.82 Å². The molecule has 0 unspecified atom stereocenters. The summed E-state index contributed by atoms with van der Waals surface area (Å²) in [5, 5.41) is 13.6. The third-order valence-corrected chi connectivity index (χ3v) is 12.3. The fourth-order valence-electron chi connectivity index (χ4n) is 8.06. The maximum absolute atomic E-state index is 12.6. The molecular weight excluding hydrogens is 718 g/mol. The molecule has 7 nitrogen and oxygen atoms in total. The van der Waals surface area contributed by atoms with E-state index in [0.717, 1.165) is 38.5 Å². The number of hydrogen-bond acceptors (Lipinski definition) is 4. The molecule has 0 spiro atoms. The van der Waals surface area contributed by atoms with Crippen molar-refractivity contribution in [3.8, 4) is 0 Å². The quantitative estimate of drug-likeness (QED) is 0.0359. The van der Waals surface area contributed by atoms with E-state index >= 15 is 0 Å². The number of unbranched alkanes of at least 4 members (excludes halogenated alkanes) is 38. The fourth-order valence-corrected chi connectivity index (χ4v) is 8.41. The zero-order chi connectivity index (χ0) is 41.1. The lowest BCUT2D eigenvalue weighted by atomic mass is 10.0. The summed E-state index contributed by atoms with van der Waals surface area (Å²) in [4.78, 5) is 31.0. The minimum Gasteiger partial charge on any atom is -0.391 e. The van der Waals surface area contributed by atoms with E-state index in [1.807, 2.05) is 0 Å². The lowest BCUT2D eigenvalue weighted by molar-refractivity contribution is -0.123. The van der Waals surface area contributed by atoms with Gasteiger partial charge in [-0.1, -0.05) is 264 Å². The molecule has 0 saturated carbocycles. The zero-order valence-electron chi connectivity index (χ0n) is 37.6. The maximum Gasteiger partial charge on any atom is 0.469 e. The number of rotatable bonds is 47. The normalized spacial score (nSPS) is 13.0. The molecule has 0 aromatic heterocycles. The third kappa shape index (κ3) is 44.6. The van der Waals surface area contributed by atoms with E-state index in [-0.39, 0.29) is 5.91 Å². The van der Waals surface area contributed by atoms with Crippen LogP contribution in [0.5, 0.6) is 0 Å². The summed E-state index contributed by atoms with van der Waals surface area (Å²) < 4.78 is 16.0. The number of aliphatic hydroxyl groups is 1. The second kappa shape index (κ2) is 44.1. The van der Waals surface area contributed by atoms with Gasteiger partial charge < -0.3 is 20.2 Å². The highest BCUT2D eigenvalue weighted by atomic mass is 31.2. The molecule has 0 aliphatic heterocycles. The van der Waals surface area contributed by atoms with Crippen molar-refractivity contribution in [2.45, 2.75) is 296 Å². The molecule has 0 aromatic rings. The molecular formula is C48H98NO6P. The van der Waals surface area contributed by atoms with E-state index in [1.54, 1.807) is 0 Å². The summed E-state index contributed by atoms with van der Waals surface area (Å²) >= 11 is 0. The van der Waals surface area contributed by atoms with Crippen LogP contribution in [0, 0.1) is 0 Å². The number of nitrogens with one attached hydrogen (secondary N) is 1. The largest absolute Gasteiger partial charge is 0.469 e. The Labute approximate surface area is 349 Å². The SMILES string of the molecule is CCCCCCCCCCCCCCCCCCCCCCCCCCCCCC(=O)N[C@@H](COP(=O)(O)O)[C@H](O)CCCCCCCCCCCCCCC. The Hall–Kier alpha value is -0.460. The van der Waals surface area contributed by atoms with Gasteiger partial charge in [-0.05, 0) is 12.8 Å². The van der Waals surface area contributed by atoms with Gasteiger partial charge in [0.05, 0.1) is 18.8 Å². The second-order valence-corrected chi connectivity index (χ2v) is 18.7. The van der Waals surface area contributed by atoms with Gasteiger partial charge in [-0.3, -0.25) is 9.32 Å². The molecule has 0 radical (unpaired) electrons. The van der Waals surface area contributed by atoms with Gasteiger partial charge in [0.1, 0.15) is 0 Å². The van der Waals surface area contributed by atoms with Crippen LogP contribution in [0.25, 0.3) is 0 Å². The first kappa shape index (κ1) is 55.5. The standard InChI is InChI=1S/C48H98NO6P/c1-3-5-7-9-11-13-15-17-18-19-20-21-22-23-24-25-26-27-28-29-30-32-34-36-38-40-42-44-48(51)49-46(45-55-56(52,53)54)47(50)43-41-39-37-35-33-31-16-14-12-10-8-6-4-2/h46-47,50H,3-45H2,1-2H3,(H,49,51)(H2,52,53,54)/t46-,47+/m0/s1. The number of phosphoric acid groups is 1. The molecule has 0 rings (SSSR count). The van der Waals surface area contributed by atoms with E-state index in [1.165, 1.54) is 218 Å². The van der Waals surface area contributed by atoms with Crippen LogP contribution in [-0.2, 0) is 13.9 Å². The van der Waals surface area contributed by atoms with Crippen LogP contribution in [0.1, 0.15) is 284 Å². The number of hydrogen-bond donors (Lipinski definition) is 4. The smallest absolute Gasteiger partial charge is 0.391 e. The predicted octanol–water partition coefficient (Wildman–Crippen LogP) is 15.4. The highest BCUT2D eigenvalue weighted by Crippen LogP contribution is 2.36. The Kier molecular flexibility index (Phi) is 43.7. The van der Waals surface area contributed by atoms with Crippen LogP contribution in [-0.4, -0.2) is 39.6 Å². The third-order valence-electron chi connectivity index (χ3n) is 11.8. The van der Waals surface area contributed by atoms with Crippen molar-refractivity contribution in [3.05, 3.63) is 0 Å². The lowest BCUT2D eigenvalue weighted by Crippen LogP contribution is -2.46. The second-order valence-electron chi connectivity index (χ2n) is 17.5. The van der Waals surface area contributed by atoms with Crippen LogP contribution in [0.2, 0.25) is 0 Å². The molecule has 1 amide bonds. The molecule has 0 fully saturated rings. The van der Waals surface area contributed by atoms with Gasteiger partial charge in [0.2, 0.25) is 5.91 Å². The van der Waals surface area contributed by atoms with Crippen LogP contribution in [0.15, 0.2) is 0 Å². The van der Waals surface area contributed by atoms with Crippen LogP contribution in [0.4, 0.5) is 0 Å². The summed E-state index contributed by atoms with van der Waals surface area (Å²) in [6.07, 6.45) is 52.6. The van der Waals surface area contributed by atoms with E-state index < -0.39 is 26.6 Å². The number of amides is 1. The van der Waals surface area contributed by atoms with E-state index in [2.05, 4.69) is 23.7 Å². The number of carbonyl (C=O) groups excluding carboxylic acids is 1. The summed E-state index contributed by atoms with van der Waals surface area (Å²) in [5.74, 6) is -0.187. The summed E-state index contributed by atoms with van der Waals surface area (Å²) in [6, 6.07) is -0.818. The van der Waals surface area contributed by atoms with Gasteiger partial charge in [-0.25, -0.2) is 4.57 Å². The molecule has 0 heterocycles. The average molecular weight is 816 g/mol. The van der Waals surface area contributed by atoms with Gasteiger partial charge in [0.15, 0.2) is 0 Å². The van der Waals surface area contributed by atoms with Crippen molar-refractivity contribution in [1.29, 1.82) is 0 Å². The lowest BCUT2D eigenvalue weighted by Gasteiger charge is -2.24. The molecule has 0 aliphatic rings. The first-order valence-corrected chi connectivity index (χ1v) is 26.5. The molecule has 0 aliphatic carbocycles. The average Bonchev–Trinajstić information content (AvgIpc) is 3.17. The van der Waals surface area contributed by atoms with Crippen molar-refractivity contribution in [3.63, 3.8) is 0 Å². The van der Waals surface area contributed by atoms with Crippen molar-refractivity contribution >= 4 is 13.7 Å². The van der Waals surface area contributed by atoms with Crippen molar-refractivity contribution in [2.24, 2.45) is 0 Å². The number of carbonyl (C=O) groups is 1. The summed E-state index contributed by atoms with van der Waals surface area (Å²) in [7, 11) is -4.69. The van der Waals surface area contributed by atoms with Gasteiger partial charge in [-0.2, -0.15) is 0 Å². The minimum atomic E-state index is -4.69. The molecule has 0 saturated heterocycles. The summed E-state index contributed by atoms with van der Waals surface area (Å²) in [5.41, 5.74) is 0. The first-order valence-electron chi connectivity index (χ1n) is 25.0. The monoisotopic (exact) mass is 816 g/mol. The molecule has 56 heavy (non-hydrogen) atoms. The Bertz CT molecular complexity index is 838. The zero-order valence-corrected chi connectivity index (χ0v) is 38.5. The van der Waals surface area contributed by atoms with Crippen LogP contribution in [0.3, 0.4) is 0 Å². The Morgan fingerprint density at radius 3 is 0.964 bits per heavy atom. The molecule has 2 atom stereocenters.